The first-order valence-electron chi connectivity index (χ1n) is 8.59. The van der Waals surface area contributed by atoms with Gasteiger partial charge in [0.05, 0.1) is 21.7 Å². The number of halogens is 3. The number of nitrogens with one attached hydrogen (secondary N) is 1. The van der Waals surface area contributed by atoms with Gasteiger partial charge in [-0.1, -0.05) is 24.3 Å². The van der Waals surface area contributed by atoms with Gasteiger partial charge in [-0.15, -0.1) is 11.3 Å². The fourth-order valence-electron chi connectivity index (χ4n) is 2.79. The van der Waals surface area contributed by atoms with Crippen molar-refractivity contribution in [1.29, 1.82) is 0 Å². The summed E-state index contributed by atoms with van der Waals surface area (Å²) in [7, 11) is 0. The molecule has 0 aliphatic carbocycles. The standard InChI is InChI=1S/C21H14F3N3OS/c22-21(23,24)14-8-10-15(11-9-14)25-20(28)17-13-27(16-5-2-1-3-6-16)26-19(17)18-7-4-12-29-18/h1-13H,(H,25,28). The van der Waals surface area contributed by atoms with E-state index in [0.29, 0.717) is 11.3 Å². The summed E-state index contributed by atoms with van der Waals surface area (Å²) in [6, 6.07) is 17.4. The number of aromatic nitrogens is 2. The summed E-state index contributed by atoms with van der Waals surface area (Å²) >= 11 is 1.45. The Bertz CT molecular complexity index is 1120. The van der Waals surface area contributed by atoms with Gasteiger partial charge in [-0.25, -0.2) is 4.68 Å². The van der Waals surface area contributed by atoms with E-state index < -0.39 is 17.6 Å². The Morgan fingerprint density at radius 1 is 0.966 bits per heavy atom. The minimum absolute atomic E-state index is 0.271. The molecule has 2 heterocycles. The number of carbonyl (C=O) groups excluding carboxylic acids is 1. The Morgan fingerprint density at radius 3 is 2.31 bits per heavy atom. The van der Waals surface area contributed by atoms with Crippen LogP contribution in [0.2, 0.25) is 0 Å². The summed E-state index contributed by atoms with van der Waals surface area (Å²) in [5.74, 6) is -0.449. The Kier molecular flexibility index (Phi) is 4.94. The summed E-state index contributed by atoms with van der Waals surface area (Å²) in [4.78, 5) is 13.7. The minimum Gasteiger partial charge on any atom is -0.322 e. The third-order valence-corrected chi connectivity index (χ3v) is 5.08. The first kappa shape index (κ1) is 18.9. The first-order chi connectivity index (χ1) is 13.9. The molecule has 4 nitrogen and oxygen atoms in total. The zero-order chi connectivity index (χ0) is 20.4. The largest absolute Gasteiger partial charge is 0.416 e. The number of hydrogen-bond acceptors (Lipinski definition) is 3. The average molecular weight is 413 g/mol. The number of hydrogen-bond donors (Lipinski definition) is 1. The minimum atomic E-state index is -4.42. The second-order valence-corrected chi connectivity index (χ2v) is 7.13. The molecule has 0 bridgehead atoms. The molecule has 0 aliphatic rings. The van der Waals surface area contributed by atoms with Crippen LogP contribution in [0.25, 0.3) is 16.3 Å². The number of thiophene rings is 1. The molecular weight excluding hydrogens is 399 g/mol. The van der Waals surface area contributed by atoms with Gasteiger partial charge in [0, 0.05) is 11.9 Å². The van der Waals surface area contributed by atoms with Gasteiger partial charge in [0.2, 0.25) is 0 Å². The van der Waals surface area contributed by atoms with Crippen LogP contribution in [-0.4, -0.2) is 15.7 Å². The number of para-hydroxylation sites is 1. The molecule has 0 aliphatic heterocycles. The molecule has 8 heteroatoms. The molecule has 0 spiro atoms. The number of anilines is 1. The fraction of sp³-hybridized carbons (Fsp3) is 0.0476. The molecule has 2 aromatic carbocycles. The third kappa shape index (κ3) is 4.07. The Labute approximate surface area is 168 Å². The van der Waals surface area contributed by atoms with E-state index in [4.69, 9.17) is 0 Å². The van der Waals surface area contributed by atoms with Gasteiger partial charge in [0.1, 0.15) is 5.69 Å². The zero-order valence-electron chi connectivity index (χ0n) is 14.9. The highest BCUT2D eigenvalue weighted by Gasteiger charge is 2.30. The van der Waals surface area contributed by atoms with Crippen LogP contribution in [0.15, 0.2) is 78.3 Å². The van der Waals surface area contributed by atoms with Gasteiger partial charge >= 0.3 is 6.18 Å². The van der Waals surface area contributed by atoms with Crippen LogP contribution < -0.4 is 5.32 Å². The van der Waals surface area contributed by atoms with Crippen molar-refractivity contribution in [2.24, 2.45) is 0 Å². The van der Waals surface area contributed by atoms with E-state index in [9.17, 15) is 18.0 Å². The van der Waals surface area contributed by atoms with Crippen LogP contribution in [0.5, 0.6) is 0 Å². The highest BCUT2D eigenvalue weighted by molar-refractivity contribution is 7.13. The van der Waals surface area contributed by atoms with Crippen molar-refractivity contribution in [3.8, 4) is 16.3 Å². The van der Waals surface area contributed by atoms with E-state index >= 15 is 0 Å². The van der Waals surface area contributed by atoms with E-state index in [1.165, 1.54) is 23.5 Å². The topological polar surface area (TPSA) is 46.9 Å². The van der Waals surface area contributed by atoms with Gasteiger partial charge in [-0.05, 0) is 47.8 Å². The van der Waals surface area contributed by atoms with Crippen LogP contribution in [0.1, 0.15) is 15.9 Å². The second kappa shape index (κ2) is 7.56. The van der Waals surface area contributed by atoms with E-state index in [-0.39, 0.29) is 5.69 Å². The summed E-state index contributed by atoms with van der Waals surface area (Å²) in [5, 5.41) is 9.08. The van der Waals surface area contributed by atoms with Gasteiger partial charge < -0.3 is 5.32 Å². The molecule has 0 radical (unpaired) electrons. The SMILES string of the molecule is O=C(Nc1ccc(C(F)(F)F)cc1)c1cn(-c2ccccc2)nc1-c1cccs1. The highest BCUT2D eigenvalue weighted by Crippen LogP contribution is 2.31. The van der Waals surface area contributed by atoms with Gasteiger partial charge in [-0.3, -0.25) is 4.79 Å². The van der Waals surface area contributed by atoms with Gasteiger partial charge in [0.25, 0.3) is 5.91 Å². The number of carbonyl (C=O) groups is 1. The van der Waals surface area contributed by atoms with Crippen LogP contribution in [-0.2, 0) is 6.18 Å². The molecule has 1 N–H and O–H groups in total. The summed E-state index contributed by atoms with van der Waals surface area (Å²) in [6.45, 7) is 0. The van der Waals surface area contributed by atoms with Crippen molar-refractivity contribution in [3.63, 3.8) is 0 Å². The molecule has 2 aromatic heterocycles. The number of alkyl halides is 3. The molecule has 0 atom stereocenters. The van der Waals surface area contributed by atoms with E-state index in [1.807, 2.05) is 47.8 Å². The Hall–Kier alpha value is -3.39. The van der Waals surface area contributed by atoms with Crippen molar-refractivity contribution in [1.82, 2.24) is 9.78 Å². The Morgan fingerprint density at radius 2 is 1.69 bits per heavy atom. The molecule has 0 saturated heterocycles. The number of rotatable bonds is 4. The Balaban J connectivity index is 1.66. The molecule has 0 unspecified atom stereocenters. The van der Waals surface area contributed by atoms with Crippen molar-refractivity contribution < 1.29 is 18.0 Å². The maximum atomic E-state index is 12.9. The monoisotopic (exact) mass is 413 g/mol. The van der Waals surface area contributed by atoms with Crippen LogP contribution >= 0.6 is 11.3 Å². The maximum Gasteiger partial charge on any atom is 0.416 e. The normalized spacial score (nSPS) is 11.4. The number of benzene rings is 2. The fourth-order valence-corrected chi connectivity index (χ4v) is 3.51. The maximum absolute atomic E-state index is 12.9. The molecule has 146 valence electrons. The molecule has 4 aromatic rings. The smallest absolute Gasteiger partial charge is 0.322 e. The lowest BCUT2D eigenvalue weighted by atomic mass is 10.1. The molecular formula is C21H14F3N3OS. The van der Waals surface area contributed by atoms with Crippen molar-refractivity contribution in [2.75, 3.05) is 5.32 Å². The number of amides is 1. The lowest BCUT2D eigenvalue weighted by Gasteiger charge is -2.08. The van der Waals surface area contributed by atoms with Crippen LogP contribution in [0.3, 0.4) is 0 Å². The van der Waals surface area contributed by atoms with E-state index in [0.717, 1.165) is 22.7 Å². The average Bonchev–Trinajstić information content (AvgIpc) is 3.38. The summed E-state index contributed by atoms with van der Waals surface area (Å²) in [5.41, 5.74) is 1.13. The quantitative estimate of drug-likeness (QED) is 0.455. The van der Waals surface area contributed by atoms with E-state index in [1.54, 1.807) is 10.9 Å². The van der Waals surface area contributed by atoms with Gasteiger partial charge in [-0.2, -0.15) is 18.3 Å². The van der Waals surface area contributed by atoms with Crippen LogP contribution in [0, 0.1) is 0 Å². The number of nitrogens with zero attached hydrogens (tertiary/aromatic N) is 2. The molecule has 1 amide bonds. The molecule has 0 fully saturated rings. The third-order valence-electron chi connectivity index (χ3n) is 4.20. The van der Waals surface area contributed by atoms with Crippen molar-refractivity contribution >= 4 is 22.9 Å². The van der Waals surface area contributed by atoms with Crippen molar-refractivity contribution in [2.45, 2.75) is 6.18 Å². The second-order valence-electron chi connectivity index (χ2n) is 6.18. The molecule has 4 rings (SSSR count). The predicted octanol–water partition coefficient (Wildman–Crippen LogP) is 5.87. The lowest BCUT2D eigenvalue weighted by Crippen LogP contribution is -2.12. The van der Waals surface area contributed by atoms with Crippen molar-refractivity contribution in [3.05, 3.63) is 89.4 Å². The van der Waals surface area contributed by atoms with Crippen LogP contribution in [0.4, 0.5) is 18.9 Å². The molecule has 29 heavy (non-hydrogen) atoms. The summed E-state index contributed by atoms with van der Waals surface area (Å²) in [6.07, 6.45) is -2.81. The molecule has 0 saturated carbocycles. The van der Waals surface area contributed by atoms with Gasteiger partial charge in [0.15, 0.2) is 0 Å². The lowest BCUT2D eigenvalue weighted by molar-refractivity contribution is -0.137. The predicted molar refractivity (Wildman–Crippen MR) is 106 cm³/mol. The van der Waals surface area contributed by atoms with E-state index in [2.05, 4.69) is 10.4 Å². The first-order valence-corrected chi connectivity index (χ1v) is 9.47. The highest BCUT2D eigenvalue weighted by atomic mass is 32.1. The zero-order valence-corrected chi connectivity index (χ0v) is 15.7. The summed E-state index contributed by atoms with van der Waals surface area (Å²) < 4.78 is 39.8.